The Hall–Kier alpha value is -3.15. The van der Waals surface area contributed by atoms with Crippen LogP contribution in [0.1, 0.15) is 11.8 Å². The number of oxime groups is 1. The van der Waals surface area contributed by atoms with Crippen LogP contribution in [0.15, 0.2) is 45.2 Å². The zero-order valence-corrected chi connectivity index (χ0v) is 13.8. The fourth-order valence-corrected chi connectivity index (χ4v) is 2.58. The Balaban J connectivity index is 1.63. The van der Waals surface area contributed by atoms with E-state index in [1.807, 2.05) is 4.98 Å². The van der Waals surface area contributed by atoms with Crippen LogP contribution in [0, 0.1) is 0 Å². The molecule has 144 valence electrons. The summed E-state index contributed by atoms with van der Waals surface area (Å²) in [6, 6.07) is 4.99. The Morgan fingerprint density at radius 3 is 2.70 bits per heavy atom. The highest BCUT2D eigenvalue weighted by molar-refractivity contribution is 5.83. The molecule has 1 fully saturated rings. The second-order valence-electron chi connectivity index (χ2n) is 5.84. The van der Waals surface area contributed by atoms with Gasteiger partial charge in [-0.2, -0.15) is 0 Å². The minimum absolute atomic E-state index is 0.106. The first-order chi connectivity index (χ1) is 12.9. The van der Waals surface area contributed by atoms with E-state index in [-0.39, 0.29) is 18.1 Å². The van der Waals surface area contributed by atoms with E-state index in [1.54, 1.807) is 0 Å². The van der Waals surface area contributed by atoms with E-state index >= 15 is 0 Å². The molecule has 1 saturated heterocycles. The molecule has 2 aromatic rings. The third-order valence-corrected chi connectivity index (χ3v) is 3.98. The molecule has 1 aliphatic rings. The summed E-state index contributed by atoms with van der Waals surface area (Å²) in [4.78, 5) is 30.0. The highest BCUT2D eigenvalue weighted by atomic mass is 16.6. The zero-order valence-electron chi connectivity index (χ0n) is 13.8. The lowest BCUT2D eigenvalue weighted by atomic mass is 10.1. The van der Waals surface area contributed by atoms with E-state index in [0.29, 0.717) is 5.56 Å². The number of aromatic amines is 1. The molecule has 0 radical (unpaired) electrons. The van der Waals surface area contributed by atoms with Gasteiger partial charge in [-0.25, -0.2) is 4.79 Å². The number of ether oxygens (including phenoxy) is 1. The van der Waals surface area contributed by atoms with E-state index < -0.39 is 35.8 Å². The van der Waals surface area contributed by atoms with Gasteiger partial charge in [0, 0.05) is 23.9 Å². The van der Waals surface area contributed by atoms with Gasteiger partial charge in [0.05, 0.1) is 6.21 Å². The molecule has 11 heteroatoms. The van der Waals surface area contributed by atoms with Gasteiger partial charge >= 0.3 is 5.69 Å². The summed E-state index contributed by atoms with van der Waals surface area (Å²) in [6.45, 7) is -0.248. The SMILES string of the molecule is O=c1ccn(C2OC(CON=Cc3ccc(O)cc3O)C(O)C2O)c(=O)[nH]1. The molecule has 1 aliphatic heterocycles. The standard InChI is InChI=1S/C16H17N3O8/c20-9-2-1-8(10(21)5-9)6-17-26-7-11-13(23)14(24)15(27-11)19-4-3-12(22)18-16(19)25/h1-6,11,13-15,20-21,23-24H,7H2,(H,18,22,25). The van der Waals surface area contributed by atoms with Crippen LogP contribution in [0.4, 0.5) is 0 Å². The molecule has 4 unspecified atom stereocenters. The summed E-state index contributed by atoms with van der Waals surface area (Å²) in [5.74, 6) is -0.307. The molecule has 0 aliphatic carbocycles. The van der Waals surface area contributed by atoms with Gasteiger partial charge in [0.2, 0.25) is 0 Å². The van der Waals surface area contributed by atoms with Crippen molar-refractivity contribution in [3.8, 4) is 11.5 Å². The average Bonchev–Trinajstić information content (AvgIpc) is 2.89. The van der Waals surface area contributed by atoms with Crippen molar-refractivity contribution in [3.05, 3.63) is 56.9 Å². The molecule has 2 heterocycles. The zero-order chi connectivity index (χ0) is 19.6. The van der Waals surface area contributed by atoms with Crippen molar-refractivity contribution in [3.63, 3.8) is 0 Å². The summed E-state index contributed by atoms with van der Waals surface area (Å²) in [6.07, 6.45) is -2.64. The summed E-state index contributed by atoms with van der Waals surface area (Å²) < 4.78 is 6.40. The number of aliphatic hydroxyl groups is 2. The Morgan fingerprint density at radius 2 is 2.00 bits per heavy atom. The fourth-order valence-electron chi connectivity index (χ4n) is 2.58. The number of rotatable bonds is 5. The second-order valence-corrected chi connectivity index (χ2v) is 5.84. The number of hydrogen-bond donors (Lipinski definition) is 5. The summed E-state index contributed by atoms with van der Waals surface area (Å²) in [5, 5.41) is 42.6. The van der Waals surface area contributed by atoms with Gasteiger partial charge in [0.15, 0.2) is 6.23 Å². The Bertz CT molecular complexity index is 953. The monoisotopic (exact) mass is 379 g/mol. The smallest absolute Gasteiger partial charge is 0.330 e. The lowest BCUT2D eigenvalue weighted by Crippen LogP contribution is -2.37. The fraction of sp³-hybridized carbons (Fsp3) is 0.312. The van der Waals surface area contributed by atoms with Crippen LogP contribution in [0.5, 0.6) is 11.5 Å². The molecular formula is C16H17N3O8. The first-order valence-electron chi connectivity index (χ1n) is 7.87. The van der Waals surface area contributed by atoms with Crippen LogP contribution in [0.2, 0.25) is 0 Å². The van der Waals surface area contributed by atoms with Gasteiger partial charge in [-0.05, 0) is 12.1 Å². The van der Waals surface area contributed by atoms with Crippen LogP contribution in [-0.2, 0) is 9.57 Å². The summed E-state index contributed by atoms with van der Waals surface area (Å²) >= 11 is 0. The van der Waals surface area contributed by atoms with Crippen molar-refractivity contribution in [2.75, 3.05) is 6.61 Å². The lowest BCUT2D eigenvalue weighted by molar-refractivity contribution is -0.0677. The van der Waals surface area contributed by atoms with E-state index in [9.17, 15) is 30.0 Å². The molecule has 5 N–H and O–H groups in total. The van der Waals surface area contributed by atoms with E-state index in [2.05, 4.69) is 5.16 Å². The number of aliphatic hydroxyl groups excluding tert-OH is 2. The molecule has 4 atom stereocenters. The largest absolute Gasteiger partial charge is 0.508 e. The predicted molar refractivity (Wildman–Crippen MR) is 90.6 cm³/mol. The number of aromatic nitrogens is 2. The molecule has 27 heavy (non-hydrogen) atoms. The number of nitrogens with zero attached hydrogens (tertiary/aromatic N) is 2. The normalized spacial score (nSPS) is 25.1. The lowest BCUT2D eigenvalue weighted by Gasteiger charge is -2.16. The van der Waals surface area contributed by atoms with Crippen LogP contribution in [-0.4, -0.2) is 61.1 Å². The first-order valence-corrected chi connectivity index (χ1v) is 7.87. The number of H-pyrrole nitrogens is 1. The van der Waals surface area contributed by atoms with E-state index in [1.165, 1.54) is 18.3 Å². The van der Waals surface area contributed by atoms with Crippen molar-refractivity contribution in [1.82, 2.24) is 9.55 Å². The minimum atomic E-state index is -1.42. The Labute approximate surface area is 151 Å². The second kappa shape index (κ2) is 7.61. The summed E-state index contributed by atoms with van der Waals surface area (Å²) in [5.41, 5.74) is -1.10. The van der Waals surface area contributed by atoms with Crippen molar-refractivity contribution in [2.45, 2.75) is 24.5 Å². The third kappa shape index (κ3) is 4.00. The molecule has 3 rings (SSSR count). The van der Waals surface area contributed by atoms with Crippen molar-refractivity contribution >= 4 is 6.21 Å². The maximum Gasteiger partial charge on any atom is 0.330 e. The molecule has 0 bridgehead atoms. The highest BCUT2D eigenvalue weighted by Crippen LogP contribution is 2.28. The number of phenolic OH excluding ortho intramolecular Hbond substituents is 2. The highest BCUT2D eigenvalue weighted by Gasteiger charge is 2.44. The number of aromatic hydroxyl groups is 2. The van der Waals surface area contributed by atoms with E-state index in [0.717, 1.165) is 22.9 Å². The van der Waals surface area contributed by atoms with Crippen LogP contribution in [0.3, 0.4) is 0 Å². The Morgan fingerprint density at radius 1 is 1.22 bits per heavy atom. The summed E-state index contributed by atoms with van der Waals surface area (Å²) in [7, 11) is 0. The van der Waals surface area contributed by atoms with E-state index in [4.69, 9.17) is 9.57 Å². The van der Waals surface area contributed by atoms with Gasteiger partial charge in [0.1, 0.15) is 36.4 Å². The third-order valence-electron chi connectivity index (χ3n) is 3.98. The maximum atomic E-state index is 11.8. The molecule has 0 spiro atoms. The topological polar surface area (TPSA) is 167 Å². The Kier molecular flexibility index (Phi) is 5.26. The number of hydrogen-bond acceptors (Lipinski definition) is 9. The predicted octanol–water partition coefficient (Wildman–Crippen LogP) is -1.38. The number of nitrogens with one attached hydrogen (secondary N) is 1. The van der Waals surface area contributed by atoms with Crippen molar-refractivity contribution in [1.29, 1.82) is 0 Å². The maximum absolute atomic E-state index is 11.8. The molecule has 11 nitrogen and oxygen atoms in total. The van der Waals surface area contributed by atoms with Gasteiger partial charge in [-0.1, -0.05) is 5.16 Å². The van der Waals surface area contributed by atoms with Gasteiger partial charge in [0.25, 0.3) is 5.56 Å². The van der Waals surface area contributed by atoms with Crippen molar-refractivity contribution in [2.24, 2.45) is 5.16 Å². The van der Waals surface area contributed by atoms with Gasteiger partial charge < -0.3 is 30.0 Å². The van der Waals surface area contributed by atoms with Gasteiger partial charge in [-0.15, -0.1) is 0 Å². The first kappa shape index (κ1) is 18.6. The molecular weight excluding hydrogens is 362 g/mol. The van der Waals surface area contributed by atoms with Crippen LogP contribution < -0.4 is 11.2 Å². The molecule has 0 amide bonds. The van der Waals surface area contributed by atoms with Crippen LogP contribution >= 0.6 is 0 Å². The van der Waals surface area contributed by atoms with Crippen LogP contribution in [0.25, 0.3) is 0 Å². The van der Waals surface area contributed by atoms with Gasteiger partial charge in [-0.3, -0.25) is 14.3 Å². The quantitative estimate of drug-likeness (QED) is 0.313. The molecule has 1 aromatic carbocycles. The van der Waals surface area contributed by atoms with Crippen molar-refractivity contribution < 1.29 is 30.0 Å². The number of phenols is 2. The molecule has 0 saturated carbocycles. The number of benzene rings is 1. The molecule has 1 aromatic heterocycles. The minimum Gasteiger partial charge on any atom is -0.508 e. The average molecular weight is 379 g/mol.